The second-order valence-electron chi connectivity index (χ2n) is 5.22. The predicted molar refractivity (Wildman–Crippen MR) is 76.5 cm³/mol. The summed E-state index contributed by atoms with van der Waals surface area (Å²) in [7, 11) is 1.73. The van der Waals surface area contributed by atoms with Crippen molar-refractivity contribution in [2.45, 2.75) is 25.9 Å². The minimum absolute atomic E-state index is 0.355. The second kappa shape index (κ2) is 6.64. The van der Waals surface area contributed by atoms with Gasteiger partial charge in [-0.1, -0.05) is 0 Å². The molecule has 0 aliphatic carbocycles. The highest BCUT2D eigenvalue weighted by Gasteiger charge is 2.29. The monoisotopic (exact) mass is 275 g/mol. The predicted octanol–water partition coefficient (Wildman–Crippen LogP) is 0.894. The molecule has 0 bridgehead atoms. The van der Waals surface area contributed by atoms with Gasteiger partial charge >= 0.3 is 0 Å². The number of hydrogen-bond acceptors (Lipinski definition) is 6. The fraction of sp³-hybridized carbons (Fsp3) is 0.643. The molecular formula is C14H21N5O. The van der Waals surface area contributed by atoms with E-state index in [9.17, 15) is 0 Å². The van der Waals surface area contributed by atoms with E-state index in [4.69, 9.17) is 10.00 Å². The molecule has 2 unspecified atom stereocenters. The second-order valence-corrected chi connectivity index (χ2v) is 5.22. The number of aromatic nitrogens is 2. The van der Waals surface area contributed by atoms with E-state index < -0.39 is 0 Å². The van der Waals surface area contributed by atoms with E-state index in [0.717, 1.165) is 32.1 Å². The summed E-state index contributed by atoms with van der Waals surface area (Å²) in [6, 6.07) is 6.45. The molecule has 0 amide bonds. The third kappa shape index (κ3) is 3.24. The Balaban J connectivity index is 2.04. The number of methoxy groups -OCH3 is 1. The van der Waals surface area contributed by atoms with Crippen LogP contribution in [0.1, 0.15) is 19.5 Å². The van der Waals surface area contributed by atoms with Gasteiger partial charge < -0.3 is 9.64 Å². The summed E-state index contributed by atoms with van der Waals surface area (Å²) in [4.78, 5) is 4.68. The van der Waals surface area contributed by atoms with Crippen LogP contribution in [0.2, 0.25) is 0 Å². The van der Waals surface area contributed by atoms with Gasteiger partial charge in [0.2, 0.25) is 0 Å². The van der Waals surface area contributed by atoms with Gasteiger partial charge in [0.15, 0.2) is 11.5 Å². The first-order valence-electron chi connectivity index (χ1n) is 6.89. The third-order valence-corrected chi connectivity index (χ3v) is 3.74. The first-order valence-corrected chi connectivity index (χ1v) is 6.89. The van der Waals surface area contributed by atoms with Crippen molar-refractivity contribution in [1.29, 1.82) is 5.26 Å². The van der Waals surface area contributed by atoms with Crippen LogP contribution in [0.3, 0.4) is 0 Å². The lowest BCUT2D eigenvalue weighted by Crippen LogP contribution is -2.57. The Morgan fingerprint density at radius 1 is 1.30 bits per heavy atom. The fourth-order valence-electron chi connectivity index (χ4n) is 2.73. The summed E-state index contributed by atoms with van der Waals surface area (Å²) in [6.45, 7) is 7.96. The van der Waals surface area contributed by atoms with E-state index in [1.165, 1.54) is 0 Å². The lowest BCUT2D eigenvalue weighted by Gasteiger charge is -2.44. The maximum atomic E-state index is 8.76. The molecule has 6 heteroatoms. The number of anilines is 1. The average Bonchev–Trinajstić information content (AvgIpc) is 2.46. The van der Waals surface area contributed by atoms with Crippen LogP contribution in [0.25, 0.3) is 0 Å². The molecule has 2 heterocycles. The van der Waals surface area contributed by atoms with Crippen LogP contribution < -0.4 is 4.90 Å². The molecule has 1 aliphatic rings. The number of rotatable bonds is 4. The molecule has 1 aromatic heterocycles. The van der Waals surface area contributed by atoms with Gasteiger partial charge in [0.25, 0.3) is 0 Å². The van der Waals surface area contributed by atoms with Crippen molar-refractivity contribution < 1.29 is 4.74 Å². The molecule has 0 saturated carbocycles. The smallest absolute Gasteiger partial charge is 0.163 e. The van der Waals surface area contributed by atoms with Gasteiger partial charge in [-0.15, -0.1) is 10.2 Å². The lowest BCUT2D eigenvalue weighted by atomic mass is 10.1. The largest absolute Gasteiger partial charge is 0.383 e. The molecule has 20 heavy (non-hydrogen) atoms. The first-order chi connectivity index (χ1) is 9.65. The molecule has 0 aromatic carbocycles. The van der Waals surface area contributed by atoms with Crippen molar-refractivity contribution in [2.75, 3.05) is 38.3 Å². The summed E-state index contributed by atoms with van der Waals surface area (Å²) < 4.78 is 5.17. The zero-order valence-corrected chi connectivity index (χ0v) is 12.3. The molecule has 0 spiro atoms. The van der Waals surface area contributed by atoms with Crippen molar-refractivity contribution in [3.8, 4) is 6.07 Å². The molecule has 108 valence electrons. The van der Waals surface area contributed by atoms with Gasteiger partial charge in [-0.2, -0.15) is 5.26 Å². The van der Waals surface area contributed by atoms with Gasteiger partial charge in [0.05, 0.1) is 6.61 Å². The SMILES string of the molecule is COCCN1C(C)CN(c2ccc(C#N)nn2)CC1C. The molecule has 6 nitrogen and oxygen atoms in total. The highest BCUT2D eigenvalue weighted by molar-refractivity contribution is 5.40. The zero-order valence-electron chi connectivity index (χ0n) is 12.3. The minimum atomic E-state index is 0.355. The summed E-state index contributed by atoms with van der Waals surface area (Å²) in [5, 5.41) is 16.8. The topological polar surface area (TPSA) is 65.3 Å². The van der Waals surface area contributed by atoms with Crippen molar-refractivity contribution in [3.05, 3.63) is 17.8 Å². The quantitative estimate of drug-likeness (QED) is 0.813. The minimum Gasteiger partial charge on any atom is -0.383 e. The highest BCUT2D eigenvalue weighted by atomic mass is 16.5. The van der Waals surface area contributed by atoms with E-state index in [-0.39, 0.29) is 0 Å². The summed E-state index contributed by atoms with van der Waals surface area (Å²) in [6.07, 6.45) is 0. The van der Waals surface area contributed by atoms with Gasteiger partial charge in [0, 0.05) is 38.8 Å². The van der Waals surface area contributed by atoms with E-state index in [0.29, 0.717) is 17.8 Å². The maximum Gasteiger partial charge on any atom is 0.163 e. The Kier molecular flexibility index (Phi) is 4.88. The highest BCUT2D eigenvalue weighted by Crippen LogP contribution is 2.20. The Morgan fingerprint density at radius 2 is 2.00 bits per heavy atom. The van der Waals surface area contributed by atoms with Gasteiger partial charge in [-0.3, -0.25) is 4.90 Å². The summed E-state index contributed by atoms with van der Waals surface area (Å²) in [5.41, 5.74) is 0.355. The molecule has 1 aliphatic heterocycles. The van der Waals surface area contributed by atoms with Crippen LogP contribution in [0.5, 0.6) is 0 Å². The van der Waals surface area contributed by atoms with E-state index in [2.05, 4.69) is 33.8 Å². The molecule has 1 saturated heterocycles. The van der Waals surface area contributed by atoms with Gasteiger partial charge in [0.1, 0.15) is 6.07 Å². The summed E-state index contributed by atoms with van der Waals surface area (Å²) >= 11 is 0. The molecule has 1 fully saturated rings. The van der Waals surface area contributed by atoms with Crippen molar-refractivity contribution in [3.63, 3.8) is 0 Å². The molecule has 1 aromatic rings. The molecule has 0 radical (unpaired) electrons. The van der Waals surface area contributed by atoms with Crippen molar-refractivity contribution >= 4 is 5.82 Å². The standard InChI is InChI=1S/C14H21N5O/c1-11-9-18(10-12(2)19(11)6-7-20-3)14-5-4-13(8-15)16-17-14/h4-5,11-12H,6-7,9-10H2,1-3H3. The Labute approximate surface area is 120 Å². The number of ether oxygens (including phenoxy) is 1. The van der Waals surface area contributed by atoms with Crippen molar-refractivity contribution in [2.24, 2.45) is 0 Å². The van der Waals surface area contributed by atoms with E-state index in [1.54, 1.807) is 13.2 Å². The number of nitriles is 1. The number of piperazine rings is 1. The van der Waals surface area contributed by atoms with Crippen LogP contribution in [0.15, 0.2) is 12.1 Å². The number of hydrogen-bond donors (Lipinski definition) is 0. The van der Waals surface area contributed by atoms with Crippen LogP contribution in [0, 0.1) is 11.3 Å². The number of nitrogens with zero attached hydrogens (tertiary/aromatic N) is 5. The van der Waals surface area contributed by atoms with E-state index >= 15 is 0 Å². The lowest BCUT2D eigenvalue weighted by molar-refractivity contribution is 0.0844. The van der Waals surface area contributed by atoms with E-state index in [1.807, 2.05) is 12.1 Å². The Morgan fingerprint density at radius 3 is 2.50 bits per heavy atom. The normalized spacial score (nSPS) is 23.6. The zero-order chi connectivity index (χ0) is 14.5. The summed E-state index contributed by atoms with van der Waals surface area (Å²) in [5.74, 6) is 0.842. The first kappa shape index (κ1) is 14.7. The Hall–Kier alpha value is -1.71. The molecule has 2 rings (SSSR count). The maximum absolute atomic E-state index is 8.76. The molecule has 0 N–H and O–H groups in total. The molecule has 2 atom stereocenters. The van der Waals surface area contributed by atoms with Crippen LogP contribution in [-0.4, -0.2) is 60.5 Å². The molecular weight excluding hydrogens is 254 g/mol. The third-order valence-electron chi connectivity index (χ3n) is 3.74. The Bertz CT molecular complexity index is 457. The van der Waals surface area contributed by atoms with Gasteiger partial charge in [-0.05, 0) is 26.0 Å². The van der Waals surface area contributed by atoms with Crippen LogP contribution >= 0.6 is 0 Å². The van der Waals surface area contributed by atoms with Crippen molar-refractivity contribution in [1.82, 2.24) is 15.1 Å². The van der Waals surface area contributed by atoms with Gasteiger partial charge in [-0.25, -0.2) is 0 Å². The van der Waals surface area contributed by atoms with Crippen LogP contribution in [0.4, 0.5) is 5.82 Å². The fourth-order valence-corrected chi connectivity index (χ4v) is 2.73. The van der Waals surface area contributed by atoms with Crippen LogP contribution in [-0.2, 0) is 4.74 Å². The average molecular weight is 275 g/mol.